The van der Waals surface area contributed by atoms with Gasteiger partial charge in [-0.2, -0.15) is 10.4 Å². The molecule has 0 unspecified atom stereocenters. The number of piperidine rings is 1. The Bertz CT molecular complexity index is 1220. The molecule has 2 amide bonds. The summed E-state index contributed by atoms with van der Waals surface area (Å²) in [6.45, 7) is 6.81. The normalized spacial score (nSPS) is 15.9. The first kappa shape index (κ1) is 22.5. The van der Waals surface area contributed by atoms with Gasteiger partial charge in [0.25, 0.3) is 5.91 Å². The van der Waals surface area contributed by atoms with Crippen LogP contribution in [0.15, 0.2) is 24.8 Å². The van der Waals surface area contributed by atoms with Crippen LogP contribution < -0.4 is 5.32 Å². The fourth-order valence-electron chi connectivity index (χ4n) is 4.03. The van der Waals surface area contributed by atoms with E-state index in [0.717, 1.165) is 5.56 Å². The minimum absolute atomic E-state index is 0.0180. The number of fused-ring (bicyclic) bond motifs is 1. The second-order valence-electron chi connectivity index (χ2n) is 9.56. The van der Waals surface area contributed by atoms with Gasteiger partial charge in [-0.15, -0.1) is 0 Å². The van der Waals surface area contributed by atoms with Crippen LogP contribution in [0.25, 0.3) is 22.4 Å². The third kappa shape index (κ3) is 4.58. The Morgan fingerprint density at radius 3 is 2.61 bits per heavy atom. The van der Waals surface area contributed by atoms with Crippen molar-refractivity contribution < 1.29 is 9.59 Å². The third-order valence-corrected chi connectivity index (χ3v) is 6.00. The van der Waals surface area contributed by atoms with Crippen molar-refractivity contribution in [1.82, 2.24) is 34.9 Å². The molecule has 0 bridgehead atoms. The summed E-state index contributed by atoms with van der Waals surface area (Å²) in [6, 6.07) is 1.56. The molecule has 4 rings (SSSR count). The zero-order valence-corrected chi connectivity index (χ0v) is 19.3. The first-order chi connectivity index (χ1) is 15.7. The molecule has 33 heavy (non-hydrogen) atoms. The number of amides is 2. The number of hydrogen-bond donors (Lipinski definition) is 2. The Morgan fingerprint density at radius 2 is 2.00 bits per heavy atom. The lowest BCUT2D eigenvalue weighted by atomic mass is 9.85. The molecule has 3 aromatic heterocycles. The zero-order chi connectivity index (χ0) is 23.8. The lowest BCUT2D eigenvalue weighted by molar-refractivity contribution is -0.137. The van der Waals surface area contributed by atoms with Crippen LogP contribution >= 0.6 is 0 Å². The van der Waals surface area contributed by atoms with Gasteiger partial charge < -0.3 is 15.2 Å². The molecule has 10 nitrogen and oxygen atoms in total. The number of aromatic amines is 1. The van der Waals surface area contributed by atoms with E-state index in [1.807, 2.05) is 34.0 Å². The van der Waals surface area contributed by atoms with Gasteiger partial charge in [0.05, 0.1) is 29.7 Å². The first-order valence-electron chi connectivity index (χ1n) is 11.0. The molecular formula is C23H28N8O2. The molecule has 0 aromatic carbocycles. The molecule has 10 heteroatoms. The van der Waals surface area contributed by atoms with Gasteiger partial charge in [0.15, 0.2) is 5.65 Å². The number of hydrogen-bond acceptors (Lipinski definition) is 6. The Morgan fingerprint density at radius 1 is 1.27 bits per heavy atom. The number of carbonyl (C=O) groups is 2. The van der Waals surface area contributed by atoms with Crippen LogP contribution in [0.4, 0.5) is 0 Å². The highest BCUT2D eigenvalue weighted by molar-refractivity contribution is 6.06. The number of carbonyl (C=O) groups excluding carboxylic acids is 2. The van der Waals surface area contributed by atoms with E-state index >= 15 is 0 Å². The number of rotatable bonds is 4. The molecule has 1 saturated heterocycles. The van der Waals surface area contributed by atoms with E-state index in [2.05, 4.69) is 31.4 Å². The van der Waals surface area contributed by atoms with Crippen LogP contribution in [0.5, 0.6) is 0 Å². The van der Waals surface area contributed by atoms with Crippen LogP contribution in [-0.2, 0) is 11.8 Å². The fourth-order valence-corrected chi connectivity index (χ4v) is 4.03. The van der Waals surface area contributed by atoms with Crippen LogP contribution in [0.2, 0.25) is 0 Å². The lowest BCUT2D eigenvalue weighted by Crippen LogP contribution is -2.56. The van der Waals surface area contributed by atoms with Crippen molar-refractivity contribution in [1.29, 1.82) is 5.26 Å². The van der Waals surface area contributed by atoms with E-state index in [1.165, 1.54) is 0 Å². The van der Waals surface area contributed by atoms with Crippen molar-refractivity contribution >= 4 is 23.0 Å². The molecular weight excluding hydrogens is 420 g/mol. The van der Waals surface area contributed by atoms with Crippen molar-refractivity contribution in [2.45, 2.75) is 39.7 Å². The number of aromatic nitrogens is 5. The minimum atomic E-state index is -0.719. The molecule has 1 aliphatic heterocycles. The van der Waals surface area contributed by atoms with Gasteiger partial charge in [0, 0.05) is 44.0 Å². The number of nitriles is 1. The van der Waals surface area contributed by atoms with Crippen LogP contribution in [0, 0.1) is 22.7 Å². The molecule has 1 fully saturated rings. The average Bonchev–Trinajstić information content (AvgIpc) is 3.42. The molecule has 1 atom stereocenters. The van der Waals surface area contributed by atoms with Gasteiger partial charge in [-0.05, 0) is 18.3 Å². The summed E-state index contributed by atoms with van der Waals surface area (Å²) in [6.07, 6.45) is 8.02. The number of likely N-dealkylation sites (tertiary alicyclic amines) is 1. The van der Waals surface area contributed by atoms with Gasteiger partial charge in [0.1, 0.15) is 11.6 Å². The summed E-state index contributed by atoms with van der Waals surface area (Å²) < 4.78 is 1.67. The van der Waals surface area contributed by atoms with E-state index in [9.17, 15) is 9.59 Å². The largest absolute Gasteiger partial charge is 0.344 e. The number of nitrogens with one attached hydrogen (secondary N) is 2. The van der Waals surface area contributed by atoms with E-state index in [0.29, 0.717) is 48.4 Å². The van der Waals surface area contributed by atoms with Gasteiger partial charge in [0.2, 0.25) is 5.91 Å². The highest BCUT2D eigenvalue weighted by atomic mass is 16.2. The summed E-state index contributed by atoms with van der Waals surface area (Å²) in [5, 5.41) is 16.2. The number of nitrogens with zero attached hydrogens (tertiary/aromatic N) is 6. The zero-order valence-electron chi connectivity index (χ0n) is 19.3. The Hall–Kier alpha value is -3.74. The van der Waals surface area contributed by atoms with Gasteiger partial charge in [-0.25, -0.2) is 9.97 Å². The predicted octanol–water partition coefficient (Wildman–Crippen LogP) is 2.27. The van der Waals surface area contributed by atoms with Crippen LogP contribution in [-0.4, -0.2) is 60.6 Å². The molecule has 0 radical (unpaired) electrons. The summed E-state index contributed by atoms with van der Waals surface area (Å²) in [5.41, 5.74) is 2.15. The first-order valence-corrected chi connectivity index (χ1v) is 11.0. The van der Waals surface area contributed by atoms with Crippen LogP contribution in [0.1, 0.15) is 44.0 Å². The fraction of sp³-hybridized carbons (Fsp3) is 0.478. The maximum absolute atomic E-state index is 13.3. The summed E-state index contributed by atoms with van der Waals surface area (Å²) in [7, 11) is 1.82. The van der Waals surface area contributed by atoms with E-state index in [4.69, 9.17) is 5.26 Å². The second-order valence-corrected chi connectivity index (χ2v) is 9.56. The topological polar surface area (TPSA) is 133 Å². The minimum Gasteiger partial charge on any atom is -0.344 e. The maximum Gasteiger partial charge on any atom is 0.255 e. The SMILES string of the molecule is Cn1cc(-c2cnc3[nH]cc(C(=O)N[C@@H](C(=O)N4CCC(C#N)CC4)C(C)(C)C)c3n2)cn1. The maximum atomic E-state index is 13.3. The van der Waals surface area contributed by atoms with Gasteiger partial charge in [-0.3, -0.25) is 14.3 Å². The molecule has 3 aromatic rings. The number of aryl methyl sites for hydroxylation is 1. The van der Waals surface area contributed by atoms with Crippen molar-refractivity contribution in [3.05, 3.63) is 30.4 Å². The van der Waals surface area contributed by atoms with Crippen molar-refractivity contribution in [2.75, 3.05) is 13.1 Å². The summed E-state index contributed by atoms with van der Waals surface area (Å²) >= 11 is 0. The highest BCUT2D eigenvalue weighted by Gasteiger charge is 2.37. The predicted molar refractivity (Wildman–Crippen MR) is 122 cm³/mol. The van der Waals surface area contributed by atoms with E-state index in [1.54, 1.807) is 28.2 Å². The number of H-pyrrole nitrogens is 1. The molecule has 2 N–H and O–H groups in total. The lowest BCUT2D eigenvalue weighted by Gasteiger charge is -2.37. The standard InChI is InChI=1S/C23H28N8O2/c1-23(2,3)19(22(33)31-7-5-14(9-24)6-8-31)29-21(32)16-11-25-20-18(16)28-17(12-26-20)15-10-27-30(4)13-15/h10-14,19H,5-8H2,1-4H3,(H,25,26)(H,29,32)/t19-/m0/s1. The quantitative estimate of drug-likeness (QED) is 0.629. The van der Waals surface area contributed by atoms with Crippen molar-refractivity contribution in [3.63, 3.8) is 0 Å². The summed E-state index contributed by atoms with van der Waals surface area (Å²) in [5.74, 6) is -0.538. The molecule has 0 aliphatic carbocycles. The Balaban J connectivity index is 1.58. The third-order valence-electron chi connectivity index (χ3n) is 6.00. The smallest absolute Gasteiger partial charge is 0.255 e. The monoisotopic (exact) mass is 448 g/mol. The highest BCUT2D eigenvalue weighted by Crippen LogP contribution is 2.26. The molecule has 0 saturated carbocycles. The van der Waals surface area contributed by atoms with E-state index in [-0.39, 0.29) is 17.7 Å². The van der Waals surface area contributed by atoms with Crippen LogP contribution in [0.3, 0.4) is 0 Å². The second kappa shape index (κ2) is 8.65. The van der Waals surface area contributed by atoms with Crippen molar-refractivity contribution in [3.8, 4) is 17.3 Å². The molecule has 4 heterocycles. The molecule has 0 spiro atoms. The average molecular weight is 449 g/mol. The molecule has 1 aliphatic rings. The Labute approximate surface area is 192 Å². The summed E-state index contributed by atoms with van der Waals surface area (Å²) in [4.78, 5) is 40.4. The van der Waals surface area contributed by atoms with Gasteiger partial charge >= 0.3 is 0 Å². The Kier molecular flexibility index (Phi) is 5.89. The van der Waals surface area contributed by atoms with E-state index < -0.39 is 11.5 Å². The van der Waals surface area contributed by atoms with Crippen molar-refractivity contribution in [2.24, 2.45) is 18.4 Å². The van der Waals surface area contributed by atoms with Gasteiger partial charge in [-0.1, -0.05) is 20.8 Å². The molecule has 172 valence electrons.